The van der Waals surface area contributed by atoms with Gasteiger partial charge in [0.1, 0.15) is 0 Å². The van der Waals surface area contributed by atoms with Crippen LogP contribution in [0.4, 0.5) is 0 Å². The molecule has 0 saturated carbocycles. The highest BCUT2D eigenvalue weighted by atomic mass is 32.2. The third-order valence-corrected chi connectivity index (χ3v) is 3.50. The minimum absolute atomic E-state index is 0.156. The molecule has 20 heavy (non-hydrogen) atoms. The average Bonchev–Trinajstić information content (AvgIpc) is 2.41. The van der Waals surface area contributed by atoms with Gasteiger partial charge in [-0.3, -0.25) is 9.00 Å². The van der Waals surface area contributed by atoms with E-state index in [0.29, 0.717) is 29.8 Å². The van der Waals surface area contributed by atoms with Crippen molar-refractivity contribution in [1.82, 2.24) is 5.32 Å². The van der Waals surface area contributed by atoms with E-state index < -0.39 is 10.8 Å². The largest absolute Gasteiger partial charge is 0.352 e. The number of carbonyl (C=O) groups excluding carboxylic acids is 1. The number of aryl methyl sites for hydroxylation is 1. The quantitative estimate of drug-likeness (QED) is 0.623. The first-order valence-corrected chi connectivity index (χ1v) is 8.15. The summed E-state index contributed by atoms with van der Waals surface area (Å²) in [4.78, 5) is 12.1. The molecule has 0 aliphatic carbocycles. The van der Waals surface area contributed by atoms with Crippen LogP contribution in [0.1, 0.15) is 27.9 Å². The molecule has 0 heterocycles. The molecule has 1 atom stereocenters. The van der Waals surface area contributed by atoms with E-state index >= 15 is 0 Å². The Morgan fingerprint density at radius 3 is 2.85 bits per heavy atom. The minimum atomic E-state index is -0.825. The first kappa shape index (κ1) is 16.4. The Bertz CT molecular complexity index is 559. The molecule has 0 bridgehead atoms. The molecule has 0 aliphatic heterocycles. The van der Waals surface area contributed by atoms with Gasteiger partial charge >= 0.3 is 0 Å². The molecule has 1 rings (SSSR count). The maximum Gasteiger partial charge on any atom is 0.252 e. The highest BCUT2D eigenvalue weighted by molar-refractivity contribution is 7.84. The fourth-order valence-corrected chi connectivity index (χ4v) is 2.22. The SMILES string of the molecule is Cc1ccc(C#CCN)c(C(=O)NCCCS(C)=O)c1. The number of hydrogen-bond acceptors (Lipinski definition) is 3. The smallest absolute Gasteiger partial charge is 0.252 e. The molecule has 5 heteroatoms. The van der Waals surface area contributed by atoms with Gasteiger partial charge in [0.25, 0.3) is 5.91 Å². The molecule has 4 nitrogen and oxygen atoms in total. The second kappa shape index (κ2) is 8.51. The van der Waals surface area contributed by atoms with Crippen molar-refractivity contribution in [3.63, 3.8) is 0 Å². The summed E-state index contributed by atoms with van der Waals surface area (Å²) in [5.74, 6) is 6.10. The van der Waals surface area contributed by atoms with Gasteiger partial charge in [0.2, 0.25) is 0 Å². The van der Waals surface area contributed by atoms with Gasteiger partial charge in [-0.05, 0) is 25.5 Å². The van der Waals surface area contributed by atoms with Crippen molar-refractivity contribution >= 4 is 16.7 Å². The molecule has 1 amide bonds. The number of nitrogens with one attached hydrogen (secondary N) is 1. The van der Waals surface area contributed by atoms with Crippen LogP contribution in [0.3, 0.4) is 0 Å². The van der Waals surface area contributed by atoms with E-state index in [9.17, 15) is 9.00 Å². The molecule has 1 aromatic carbocycles. The monoisotopic (exact) mass is 292 g/mol. The second-order valence-electron chi connectivity index (χ2n) is 4.44. The lowest BCUT2D eigenvalue weighted by molar-refractivity contribution is 0.0953. The number of hydrogen-bond donors (Lipinski definition) is 2. The molecule has 108 valence electrons. The van der Waals surface area contributed by atoms with Crippen LogP contribution in [-0.4, -0.2) is 35.2 Å². The third-order valence-electron chi connectivity index (χ3n) is 2.64. The highest BCUT2D eigenvalue weighted by Gasteiger charge is 2.10. The maximum atomic E-state index is 12.1. The topological polar surface area (TPSA) is 72.2 Å². The molecule has 0 fully saturated rings. The summed E-state index contributed by atoms with van der Waals surface area (Å²) >= 11 is 0. The van der Waals surface area contributed by atoms with Crippen molar-refractivity contribution in [3.05, 3.63) is 34.9 Å². The second-order valence-corrected chi connectivity index (χ2v) is 6.00. The summed E-state index contributed by atoms with van der Waals surface area (Å²) in [5, 5.41) is 2.83. The van der Waals surface area contributed by atoms with E-state index in [1.807, 2.05) is 25.1 Å². The van der Waals surface area contributed by atoms with Crippen LogP contribution in [-0.2, 0) is 10.8 Å². The first-order valence-electron chi connectivity index (χ1n) is 6.42. The number of nitrogens with two attached hydrogens (primary N) is 1. The van der Waals surface area contributed by atoms with Gasteiger partial charge < -0.3 is 11.1 Å². The normalized spacial score (nSPS) is 11.3. The third kappa shape index (κ3) is 5.55. The molecule has 0 radical (unpaired) electrons. The van der Waals surface area contributed by atoms with E-state index in [1.54, 1.807) is 6.26 Å². The van der Waals surface area contributed by atoms with Gasteiger partial charge in [0, 0.05) is 34.9 Å². The summed E-state index contributed by atoms with van der Waals surface area (Å²) in [5.41, 5.74) is 7.60. The molecule has 0 spiro atoms. The van der Waals surface area contributed by atoms with Gasteiger partial charge in [-0.15, -0.1) is 0 Å². The predicted octanol–water partition coefficient (Wildman–Crippen LogP) is 0.804. The number of amides is 1. The zero-order valence-corrected chi connectivity index (χ0v) is 12.7. The van der Waals surface area contributed by atoms with E-state index in [4.69, 9.17) is 5.73 Å². The lowest BCUT2D eigenvalue weighted by atomic mass is 10.0. The zero-order chi connectivity index (χ0) is 15.0. The van der Waals surface area contributed by atoms with Gasteiger partial charge in [-0.1, -0.05) is 23.5 Å². The van der Waals surface area contributed by atoms with Crippen LogP contribution in [0.25, 0.3) is 0 Å². The molecule has 1 aromatic rings. The van der Waals surface area contributed by atoms with Crippen molar-refractivity contribution in [2.24, 2.45) is 5.73 Å². The molecule has 0 aromatic heterocycles. The lowest BCUT2D eigenvalue weighted by Gasteiger charge is -2.07. The Kier molecular flexibility index (Phi) is 6.99. The fourth-order valence-electron chi connectivity index (χ4n) is 1.67. The minimum Gasteiger partial charge on any atom is -0.352 e. The van der Waals surface area contributed by atoms with Crippen LogP contribution in [0.15, 0.2) is 18.2 Å². The van der Waals surface area contributed by atoms with Crippen molar-refractivity contribution < 1.29 is 9.00 Å². The Hall–Kier alpha value is -1.64. The van der Waals surface area contributed by atoms with Crippen molar-refractivity contribution in [1.29, 1.82) is 0 Å². The summed E-state index contributed by atoms with van der Waals surface area (Å²) < 4.78 is 10.9. The van der Waals surface area contributed by atoms with Gasteiger partial charge in [-0.25, -0.2) is 0 Å². The summed E-state index contributed by atoms with van der Waals surface area (Å²) in [6.07, 6.45) is 2.35. The Balaban J connectivity index is 2.75. The highest BCUT2D eigenvalue weighted by Crippen LogP contribution is 2.10. The van der Waals surface area contributed by atoms with Crippen molar-refractivity contribution in [2.75, 3.05) is 25.1 Å². The Labute approximate surface area is 122 Å². The molecular weight excluding hydrogens is 272 g/mol. The molecule has 0 saturated heterocycles. The zero-order valence-electron chi connectivity index (χ0n) is 11.9. The molecule has 1 unspecified atom stereocenters. The van der Waals surface area contributed by atoms with Gasteiger partial charge in [0.05, 0.1) is 12.1 Å². The molecular formula is C15H20N2O2S. The summed E-state index contributed by atoms with van der Waals surface area (Å²) in [6.45, 7) is 2.70. The van der Waals surface area contributed by atoms with E-state index in [1.165, 1.54) is 0 Å². The average molecular weight is 292 g/mol. The van der Waals surface area contributed by atoms with Crippen molar-refractivity contribution in [3.8, 4) is 11.8 Å². The summed E-state index contributed by atoms with van der Waals surface area (Å²) in [7, 11) is -0.825. The number of benzene rings is 1. The molecule has 0 aliphatic rings. The molecule has 3 N–H and O–H groups in total. The van der Waals surface area contributed by atoms with Crippen LogP contribution >= 0.6 is 0 Å². The number of rotatable bonds is 5. The van der Waals surface area contributed by atoms with Crippen LogP contribution < -0.4 is 11.1 Å². The fraction of sp³-hybridized carbons (Fsp3) is 0.400. The van der Waals surface area contributed by atoms with E-state index in [0.717, 1.165) is 5.56 Å². The van der Waals surface area contributed by atoms with Crippen LogP contribution in [0.5, 0.6) is 0 Å². The van der Waals surface area contributed by atoms with Crippen LogP contribution in [0.2, 0.25) is 0 Å². The van der Waals surface area contributed by atoms with E-state index in [-0.39, 0.29) is 12.5 Å². The van der Waals surface area contributed by atoms with Crippen molar-refractivity contribution in [2.45, 2.75) is 13.3 Å². The van der Waals surface area contributed by atoms with Gasteiger partial charge in [0.15, 0.2) is 0 Å². The number of carbonyl (C=O) groups is 1. The predicted molar refractivity (Wildman–Crippen MR) is 83.0 cm³/mol. The summed E-state index contributed by atoms with van der Waals surface area (Å²) in [6, 6.07) is 5.55. The van der Waals surface area contributed by atoms with Crippen LogP contribution in [0, 0.1) is 18.8 Å². The first-order chi connectivity index (χ1) is 9.54. The van der Waals surface area contributed by atoms with Gasteiger partial charge in [-0.2, -0.15) is 0 Å². The maximum absolute atomic E-state index is 12.1. The Morgan fingerprint density at radius 1 is 1.45 bits per heavy atom. The van der Waals surface area contributed by atoms with E-state index in [2.05, 4.69) is 17.2 Å². The standard InChI is InChI=1S/C15H20N2O2S/c1-12-6-7-13(5-3-8-16)14(11-12)15(18)17-9-4-10-20(2)19/h6-7,11H,4,8-10,16H2,1-2H3,(H,17,18). The Morgan fingerprint density at radius 2 is 2.20 bits per heavy atom. The lowest BCUT2D eigenvalue weighted by Crippen LogP contribution is -2.26.